The van der Waals surface area contributed by atoms with Crippen molar-refractivity contribution in [1.29, 1.82) is 0 Å². The molecule has 0 aliphatic rings. The number of hydrogen-bond donors (Lipinski definition) is 1. The summed E-state index contributed by atoms with van der Waals surface area (Å²) in [7, 11) is 2.90. The van der Waals surface area contributed by atoms with Gasteiger partial charge < -0.3 is 19.3 Å². The Bertz CT molecular complexity index is 729. The molecule has 124 valence electrons. The van der Waals surface area contributed by atoms with E-state index in [2.05, 4.69) is 10.2 Å². The Balaban J connectivity index is 2.09. The first-order chi connectivity index (χ1) is 11.7. The molecule has 1 N–H and O–H groups in total. The third-order valence-electron chi connectivity index (χ3n) is 3.05. The lowest BCUT2D eigenvalue weighted by Gasteiger charge is -2.08. The van der Waals surface area contributed by atoms with Crippen LogP contribution in [0.5, 0.6) is 23.0 Å². The molecule has 0 bridgehead atoms. The number of methoxy groups -OCH3 is 2. The second-order valence-corrected chi connectivity index (χ2v) is 4.55. The fourth-order valence-corrected chi connectivity index (χ4v) is 1.88. The second kappa shape index (κ2) is 8.33. The highest BCUT2D eigenvalue weighted by molar-refractivity contribution is 5.84. The lowest BCUT2D eigenvalue weighted by atomic mass is 10.2. The number of phenolic OH excluding ortho intramolecular Hbond substituents is 1. The number of ether oxygens (including phenoxy) is 3. The van der Waals surface area contributed by atoms with Crippen LogP contribution in [0.3, 0.4) is 0 Å². The zero-order valence-corrected chi connectivity index (χ0v) is 13.2. The summed E-state index contributed by atoms with van der Waals surface area (Å²) in [6.45, 7) is 0.369. The summed E-state index contributed by atoms with van der Waals surface area (Å²) < 4.78 is 14.8. The van der Waals surface area contributed by atoms with Crippen molar-refractivity contribution in [3.63, 3.8) is 0 Å². The van der Waals surface area contributed by atoms with Gasteiger partial charge >= 0.3 is 0 Å². The van der Waals surface area contributed by atoms with Crippen molar-refractivity contribution in [2.75, 3.05) is 14.2 Å². The molecule has 0 fully saturated rings. The Morgan fingerprint density at radius 1 is 0.917 bits per heavy atom. The molecule has 0 aliphatic carbocycles. The topological polar surface area (TPSA) is 89.7 Å². The maximum Gasteiger partial charge on any atom is 0.298 e. The van der Waals surface area contributed by atoms with E-state index in [-0.39, 0.29) is 17.2 Å². The molecule has 0 heterocycles. The van der Waals surface area contributed by atoms with E-state index in [0.717, 1.165) is 5.56 Å². The van der Waals surface area contributed by atoms with E-state index in [0.29, 0.717) is 17.8 Å². The van der Waals surface area contributed by atoms with Crippen molar-refractivity contribution in [3.8, 4) is 23.0 Å². The molecular weight excluding hydrogens is 312 g/mol. The van der Waals surface area contributed by atoms with Crippen LogP contribution >= 0.6 is 0 Å². The molecule has 2 aromatic carbocycles. The number of benzene rings is 2. The van der Waals surface area contributed by atoms with E-state index < -0.39 is 0 Å². The van der Waals surface area contributed by atoms with Crippen LogP contribution in [-0.4, -0.2) is 38.2 Å². The Hall–Kier alpha value is -3.35. The molecule has 7 nitrogen and oxygen atoms in total. The van der Waals surface area contributed by atoms with E-state index >= 15 is 0 Å². The van der Waals surface area contributed by atoms with E-state index in [1.54, 1.807) is 42.6 Å². The zero-order chi connectivity index (χ0) is 17.4. The van der Waals surface area contributed by atoms with Gasteiger partial charge in [-0.05, 0) is 42.0 Å². The standard InChI is InChI=1S/C17H16N2O5/c1-22-15-7-13(8-16(23-2)17(15)21)10-19-18-9-12-3-5-14(6-4-12)24-11-20/h3-11,21H,1-2H3. The highest BCUT2D eigenvalue weighted by Gasteiger charge is 2.09. The molecule has 2 aromatic rings. The third-order valence-corrected chi connectivity index (χ3v) is 3.05. The third kappa shape index (κ3) is 4.33. The molecule has 0 aliphatic heterocycles. The summed E-state index contributed by atoms with van der Waals surface area (Å²) in [6, 6.07) is 10.0. The van der Waals surface area contributed by atoms with Gasteiger partial charge in [0, 0.05) is 5.56 Å². The normalized spacial score (nSPS) is 10.9. The smallest absolute Gasteiger partial charge is 0.298 e. The minimum Gasteiger partial charge on any atom is -0.502 e. The highest BCUT2D eigenvalue weighted by Crippen LogP contribution is 2.36. The van der Waals surface area contributed by atoms with Crippen molar-refractivity contribution in [2.24, 2.45) is 10.2 Å². The molecule has 0 amide bonds. The lowest BCUT2D eigenvalue weighted by molar-refractivity contribution is -0.120. The van der Waals surface area contributed by atoms with Crippen LogP contribution in [0.2, 0.25) is 0 Å². The van der Waals surface area contributed by atoms with Gasteiger partial charge in [0.15, 0.2) is 11.5 Å². The second-order valence-electron chi connectivity index (χ2n) is 4.55. The summed E-state index contributed by atoms with van der Waals surface area (Å²) in [6.07, 6.45) is 3.06. The van der Waals surface area contributed by atoms with Crippen molar-refractivity contribution in [2.45, 2.75) is 0 Å². The lowest BCUT2D eigenvalue weighted by Crippen LogP contribution is -1.92. The largest absolute Gasteiger partial charge is 0.502 e. The van der Waals surface area contributed by atoms with Crippen LogP contribution in [0.25, 0.3) is 0 Å². The van der Waals surface area contributed by atoms with Gasteiger partial charge in [-0.2, -0.15) is 10.2 Å². The fraction of sp³-hybridized carbons (Fsp3) is 0.118. The van der Waals surface area contributed by atoms with Gasteiger partial charge in [0.2, 0.25) is 5.75 Å². The Labute approximate surface area is 138 Å². The van der Waals surface area contributed by atoms with E-state index in [1.165, 1.54) is 20.4 Å². The Kier molecular flexibility index (Phi) is 5.90. The summed E-state index contributed by atoms with van der Waals surface area (Å²) in [5, 5.41) is 17.7. The van der Waals surface area contributed by atoms with Gasteiger partial charge in [-0.1, -0.05) is 0 Å². The van der Waals surface area contributed by atoms with Gasteiger partial charge in [-0.3, -0.25) is 4.79 Å². The first-order valence-electron chi connectivity index (χ1n) is 6.89. The van der Waals surface area contributed by atoms with Crippen LogP contribution in [0.1, 0.15) is 11.1 Å². The summed E-state index contributed by atoms with van der Waals surface area (Å²) in [5.74, 6) is 0.948. The molecule has 0 radical (unpaired) electrons. The van der Waals surface area contributed by atoms with Crippen LogP contribution < -0.4 is 14.2 Å². The molecular formula is C17H16N2O5. The van der Waals surface area contributed by atoms with Crippen molar-refractivity contribution >= 4 is 18.9 Å². The molecule has 0 aromatic heterocycles. The van der Waals surface area contributed by atoms with Crippen LogP contribution in [0.15, 0.2) is 46.6 Å². The first-order valence-corrected chi connectivity index (χ1v) is 6.89. The number of rotatable bonds is 7. The number of aromatic hydroxyl groups is 1. The number of carbonyl (C=O) groups is 1. The van der Waals surface area contributed by atoms with E-state index in [4.69, 9.17) is 14.2 Å². The molecule has 0 spiro atoms. The SMILES string of the molecule is COc1cc(C=NN=Cc2ccc(OC=O)cc2)cc(OC)c1O. The molecule has 7 heteroatoms. The van der Waals surface area contributed by atoms with Crippen molar-refractivity contribution in [1.82, 2.24) is 0 Å². The van der Waals surface area contributed by atoms with Gasteiger partial charge in [0.25, 0.3) is 6.47 Å². The Morgan fingerprint density at radius 3 is 1.96 bits per heavy atom. The summed E-state index contributed by atoms with van der Waals surface area (Å²) >= 11 is 0. The number of nitrogens with zero attached hydrogens (tertiary/aromatic N) is 2. The van der Waals surface area contributed by atoms with Crippen LogP contribution in [0.4, 0.5) is 0 Å². The average Bonchev–Trinajstić information content (AvgIpc) is 2.61. The molecule has 0 atom stereocenters. The van der Waals surface area contributed by atoms with Crippen LogP contribution in [0, 0.1) is 0 Å². The minimum atomic E-state index is -0.0710. The summed E-state index contributed by atoms with van der Waals surface area (Å²) in [4.78, 5) is 10.2. The maximum absolute atomic E-state index is 10.2. The van der Waals surface area contributed by atoms with E-state index in [9.17, 15) is 9.90 Å². The number of carbonyl (C=O) groups excluding carboxylic acids is 1. The van der Waals surface area contributed by atoms with Gasteiger partial charge in [0.05, 0.1) is 26.6 Å². The maximum atomic E-state index is 10.2. The molecule has 0 saturated heterocycles. The quantitative estimate of drug-likeness (QED) is 0.479. The Morgan fingerprint density at radius 2 is 1.46 bits per heavy atom. The van der Waals surface area contributed by atoms with E-state index in [1.807, 2.05) is 0 Å². The van der Waals surface area contributed by atoms with Crippen molar-refractivity contribution < 1.29 is 24.1 Å². The molecule has 2 rings (SSSR count). The van der Waals surface area contributed by atoms with Crippen LogP contribution in [-0.2, 0) is 4.79 Å². The predicted molar refractivity (Wildman–Crippen MR) is 89.5 cm³/mol. The van der Waals surface area contributed by atoms with Gasteiger partial charge in [-0.25, -0.2) is 0 Å². The van der Waals surface area contributed by atoms with Gasteiger partial charge in [0.1, 0.15) is 5.75 Å². The fourth-order valence-electron chi connectivity index (χ4n) is 1.88. The van der Waals surface area contributed by atoms with Crippen molar-refractivity contribution in [3.05, 3.63) is 47.5 Å². The number of hydrogen-bond acceptors (Lipinski definition) is 7. The molecule has 0 saturated carbocycles. The molecule has 24 heavy (non-hydrogen) atoms. The highest BCUT2D eigenvalue weighted by atomic mass is 16.5. The average molecular weight is 328 g/mol. The van der Waals surface area contributed by atoms with Gasteiger partial charge in [-0.15, -0.1) is 0 Å². The summed E-state index contributed by atoms with van der Waals surface area (Å²) in [5.41, 5.74) is 1.46. The number of phenols is 1. The minimum absolute atomic E-state index is 0.0710. The predicted octanol–water partition coefficient (Wildman–Crippen LogP) is 2.40. The first kappa shape index (κ1) is 17.0. The zero-order valence-electron chi connectivity index (χ0n) is 13.2. The monoisotopic (exact) mass is 328 g/mol. The molecule has 0 unspecified atom stereocenters.